The predicted molar refractivity (Wildman–Crippen MR) is 101 cm³/mol. The SMILES string of the molecule is Cc1cc2nnc(SCC(=O)NC(C)(C#N)C3CC3)n2c2ccccc12. The lowest BCUT2D eigenvalue weighted by Crippen LogP contribution is -2.47. The average molecular weight is 365 g/mol. The lowest BCUT2D eigenvalue weighted by Gasteiger charge is -2.22. The van der Waals surface area contributed by atoms with E-state index in [4.69, 9.17) is 0 Å². The van der Waals surface area contributed by atoms with E-state index in [-0.39, 0.29) is 17.6 Å². The number of pyridine rings is 1. The second-order valence-electron chi connectivity index (χ2n) is 6.95. The number of carbonyl (C=O) groups is 1. The zero-order valence-electron chi connectivity index (χ0n) is 14.7. The summed E-state index contributed by atoms with van der Waals surface area (Å²) >= 11 is 1.34. The molecule has 1 saturated carbocycles. The number of hydrogen-bond donors (Lipinski definition) is 1. The van der Waals surface area contributed by atoms with Gasteiger partial charge in [-0.05, 0) is 50.3 Å². The summed E-state index contributed by atoms with van der Waals surface area (Å²) in [6.45, 7) is 3.86. The lowest BCUT2D eigenvalue weighted by molar-refractivity contribution is -0.119. The van der Waals surface area contributed by atoms with Gasteiger partial charge >= 0.3 is 0 Å². The van der Waals surface area contributed by atoms with Gasteiger partial charge in [0.15, 0.2) is 10.8 Å². The summed E-state index contributed by atoms with van der Waals surface area (Å²) in [6.07, 6.45) is 2.00. The molecule has 2 aromatic heterocycles. The Kier molecular flexibility index (Phi) is 4.08. The highest BCUT2D eigenvalue weighted by molar-refractivity contribution is 7.99. The number of carbonyl (C=O) groups excluding carboxylic acids is 1. The number of aryl methyl sites for hydroxylation is 1. The third kappa shape index (κ3) is 2.90. The largest absolute Gasteiger partial charge is 0.337 e. The highest BCUT2D eigenvalue weighted by Gasteiger charge is 2.42. The maximum absolute atomic E-state index is 12.4. The van der Waals surface area contributed by atoms with Crippen LogP contribution in [0.25, 0.3) is 16.6 Å². The van der Waals surface area contributed by atoms with E-state index < -0.39 is 5.54 Å². The Labute approximate surface area is 155 Å². The maximum Gasteiger partial charge on any atom is 0.231 e. The second-order valence-corrected chi connectivity index (χ2v) is 7.89. The first kappa shape index (κ1) is 16.9. The van der Waals surface area contributed by atoms with E-state index in [1.165, 1.54) is 11.8 Å². The Morgan fingerprint density at radius 1 is 1.42 bits per heavy atom. The fourth-order valence-electron chi connectivity index (χ4n) is 3.31. The molecule has 1 fully saturated rings. The minimum absolute atomic E-state index is 0.154. The van der Waals surface area contributed by atoms with Crippen LogP contribution in [0.15, 0.2) is 35.5 Å². The Morgan fingerprint density at radius 2 is 2.19 bits per heavy atom. The van der Waals surface area contributed by atoms with Crippen LogP contribution in [0, 0.1) is 24.2 Å². The molecule has 0 radical (unpaired) electrons. The third-order valence-corrected chi connectivity index (χ3v) is 5.86. The van der Waals surface area contributed by atoms with Crippen LogP contribution in [0.5, 0.6) is 0 Å². The van der Waals surface area contributed by atoms with Crippen molar-refractivity contribution >= 4 is 34.2 Å². The molecule has 26 heavy (non-hydrogen) atoms. The normalized spacial score (nSPS) is 16.3. The molecule has 6 nitrogen and oxygen atoms in total. The molecule has 3 aromatic rings. The van der Waals surface area contributed by atoms with Gasteiger partial charge in [-0.15, -0.1) is 10.2 Å². The maximum atomic E-state index is 12.4. The van der Waals surface area contributed by atoms with Gasteiger partial charge in [0, 0.05) is 5.39 Å². The number of hydrogen-bond acceptors (Lipinski definition) is 5. The zero-order valence-corrected chi connectivity index (χ0v) is 15.5. The zero-order chi connectivity index (χ0) is 18.3. The standard InChI is InChI=1S/C19H19N5OS/c1-12-9-16-22-23-18(24(16)15-6-4-3-5-14(12)15)26-10-17(25)21-19(2,11-20)13-7-8-13/h3-6,9,13H,7-8,10H2,1-2H3,(H,21,25). The Balaban J connectivity index is 1.57. The van der Waals surface area contributed by atoms with Crippen LogP contribution in [0.4, 0.5) is 0 Å². The fourth-order valence-corrected chi connectivity index (χ4v) is 4.06. The molecule has 1 aliphatic rings. The number of rotatable bonds is 5. The number of aromatic nitrogens is 3. The molecule has 1 N–H and O–H groups in total. The van der Waals surface area contributed by atoms with E-state index in [0.29, 0.717) is 5.16 Å². The van der Waals surface area contributed by atoms with Crippen LogP contribution in [0.3, 0.4) is 0 Å². The third-order valence-electron chi connectivity index (χ3n) is 4.93. The van der Waals surface area contributed by atoms with Crippen molar-refractivity contribution in [2.75, 3.05) is 5.75 Å². The van der Waals surface area contributed by atoms with E-state index in [9.17, 15) is 10.1 Å². The van der Waals surface area contributed by atoms with Crippen LogP contribution in [-0.4, -0.2) is 31.8 Å². The van der Waals surface area contributed by atoms with E-state index in [1.807, 2.05) is 28.7 Å². The first-order valence-electron chi connectivity index (χ1n) is 8.60. The molecule has 2 heterocycles. The molecule has 1 unspecified atom stereocenters. The van der Waals surface area contributed by atoms with Crippen molar-refractivity contribution in [2.24, 2.45) is 5.92 Å². The van der Waals surface area contributed by atoms with Crippen molar-refractivity contribution in [3.63, 3.8) is 0 Å². The summed E-state index contributed by atoms with van der Waals surface area (Å²) < 4.78 is 1.98. The van der Waals surface area contributed by atoms with Crippen molar-refractivity contribution in [1.82, 2.24) is 19.9 Å². The molecule has 0 saturated heterocycles. The highest BCUT2D eigenvalue weighted by Crippen LogP contribution is 2.39. The van der Waals surface area contributed by atoms with E-state index >= 15 is 0 Å². The number of nitriles is 1. The average Bonchev–Trinajstić information content (AvgIpc) is 3.42. The topological polar surface area (TPSA) is 83.1 Å². The molecular formula is C19H19N5OS. The van der Waals surface area contributed by atoms with Crippen molar-refractivity contribution < 1.29 is 4.79 Å². The molecule has 1 atom stereocenters. The first-order valence-corrected chi connectivity index (χ1v) is 9.59. The van der Waals surface area contributed by atoms with Crippen molar-refractivity contribution in [1.29, 1.82) is 5.26 Å². The first-order chi connectivity index (χ1) is 12.5. The molecule has 7 heteroatoms. The molecule has 1 aliphatic carbocycles. The molecular weight excluding hydrogens is 346 g/mol. The van der Waals surface area contributed by atoms with E-state index in [1.54, 1.807) is 6.92 Å². The van der Waals surface area contributed by atoms with Crippen molar-refractivity contribution in [3.05, 3.63) is 35.9 Å². The predicted octanol–water partition coefficient (Wildman–Crippen LogP) is 3.09. The number of fused-ring (bicyclic) bond motifs is 3. The highest BCUT2D eigenvalue weighted by atomic mass is 32.2. The van der Waals surface area contributed by atoms with Crippen molar-refractivity contribution in [2.45, 2.75) is 37.4 Å². The van der Waals surface area contributed by atoms with Crippen LogP contribution in [-0.2, 0) is 4.79 Å². The molecule has 0 bridgehead atoms. The van der Waals surface area contributed by atoms with Gasteiger partial charge in [0.05, 0.1) is 17.3 Å². The molecule has 0 spiro atoms. The second kappa shape index (κ2) is 6.29. The summed E-state index contributed by atoms with van der Waals surface area (Å²) in [5, 5.41) is 22.6. The summed E-state index contributed by atoms with van der Waals surface area (Å²) in [6, 6.07) is 12.3. The van der Waals surface area contributed by atoms with Crippen LogP contribution < -0.4 is 5.32 Å². The number of benzene rings is 1. The van der Waals surface area contributed by atoms with Gasteiger partial charge in [-0.3, -0.25) is 9.20 Å². The lowest BCUT2D eigenvalue weighted by atomic mass is 9.98. The number of thioether (sulfide) groups is 1. The number of amides is 1. The van der Waals surface area contributed by atoms with Gasteiger partial charge in [-0.2, -0.15) is 5.26 Å². The van der Waals surface area contributed by atoms with Crippen molar-refractivity contribution in [3.8, 4) is 6.07 Å². The van der Waals surface area contributed by atoms with E-state index in [0.717, 1.165) is 35.0 Å². The summed E-state index contributed by atoms with van der Waals surface area (Å²) in [5.41, 5.74) is 2.16. The molecule has 0 aliphatic heterocycles. The number of para-hydroxylation sites is 1. The minimum atomic E-state index is -0.769. The summed E-state index contributed by atoms with van der Waals surface area (Å²) in [5.74, 6) is 0.314. The van der Waals surface area contributed by atoms with Crippen LogP contribution in [0.1, 0.15) is 25.3 Å². The Hall–Kier alpha value is -2.59. The van der Waals surface area contributed by atoms with Gasteiger partial charge in [0.25, 0.3) is 0 Å². The summed E-state index contributed by atoms with van der Waals surface area (Å²) in [4.78, 5) is 12.4. The van der Waals surface area contributed by atoms with E-state index in [2.05, 4.69) is 34.6 Å². The number of nitrogens with zero attached hydrogens (tertiary/aromatic N) is 4. The number of nitrogens with one attached hydrogen (secondary N) is 1. The van der Waals surface area contributed by atoms with Gasteiger partial charge < -0.3 is 5.32 Å². The Bertz CT molecular complexity index is 1050. The fraction of sp³-hybridized carbons (Fsp3) is 0.368. The minimum Gasteiger partial charge on any atom is -0.337 e. The molecule has 1 amide bonds. The smallest absolute Gasteiger partial charge is 0.231 e. The molecule has 132 valence electrons. The van der Waals surface area contributed by atoms with Gasteiger partial charge in [-0.25, -0.2) is 0 Å². The Morgan fingerprint density at radius 3 is 2.92 bits per heavy atom. The summed E-state index contributed by atoms with van der Waals surface area (Å²) in [7, 11) is 0. The monoisotopic (exact) mass is 365 g/mol. The van der Waals surface area contributed by atoms with Crippen LogP contribution >= 0.6 is 11.8 Å². The van der Waals surface area contributed by atoms with Gasteiger partial charge in [0.1, 0.15) is 5.54 Å². The molecule has 4 rings (SSSR count). The quantitative estimate of drug-likeness (QED) is 0.703. The van der Waals surface area contributed by atoms with Crippen LogP contribution in [0.2, 0.25) is 0 Å². The van der Waals surface area contributed by atoms with Gasteiger partial charge in [0.2, 0.25) is 5.91 Å². The molecule has 1 aromatic carbocycles. The van der Waals surface area contributed by atoms with Gasteiger partial charge in [-0.1, -0.05) is 30.0 Å².